The number of anilines is 1. The zero-order chi connectivity index (χ0) is 18.1. The first-order chi connectivity index (χ1) is 12.7. The number of carbonyl (C=O) groups is 2. The van der Waals surface area contributed by atoms with Crippen LogP contribution < -0.4 is 15.0 Å². The zero-order valence-electron chi connectivity index (χ0n) is 14.8. The van der Waals surface area contributed by atoms with Gasteiger partial charge in [-0.3, -0.25) is 9.59 Å². The second-order valence-corrected chi connectivity index (χ2v) is 7.88. The molecule has 1 aromatic carbocycles. The Morgan fingerprint density at radius 1 is 1.27 bits per heavy atom. The lowest BCUT2D eigenvalue weighted by molar-refractivity contribution is -0.118. The number of benzene rings is 1. The van der Waals surface area contributed by atoms with Crippen LogP contribution in [0, 0.1) is 0 Å². The maximum Gasteiger partial charge on any atom is 0.262 e. The second kappa shape index (κ2) is 7.11. The van der Waals surface area contributed by atoms with Crippen LogP contribution >= 0.6 is 11.3 Å². The molecule has 0 spiro atoms. The van der Waals surface area contributed by atoms with Crippen LogP contribution in [0.4, 0.5) is 5.69 Å². The molecule has 4 rings (SSSR count). The summed E-state index contributed by atoms with van der Waals surface area (Å²) in [7, 11) is 1.59. The van der Waals surface area contributed by atoms with E-state index in [4.69, 9.17) is 4.74 Å². The molecule has 0 bridgehead atoms. The highest BCUT2D eigenvalue weighted by Crippen LogP contribution is 2.32. The minimum absolute atomic E-state index is 0.0795. The van der Waals surface area contributed by atoms with E-state index in [1.807, 2.05) is 30.3 Å². The molecule has 136 valence electrons. The lowest BCUT2D eigenvalue weighted by Gasteiger charge is -2.19. The van der Waals surface area contributed by atoms with Crippen LogP contribution in [0.25, 0.3) is 0 Å². The van der Waals surface area contributed by atoms with Gasteiger partial charge in [0.15, 0.2) is 0 Å². The van der Waals surface area contributed by atoms with Crippen LogP contribution in [0.2, 0.25) is 0 Å². The van der Waals surface area contributed by atoms with Gasteiger partial charge in [0, 0.05) is 11.4 Å². The van der Waals surface area contributed by atoms with E-state index in [0.29, 0.717) is 18.7 Å². The smallest absolute Gasteiger partial charge is 0.262 e. The Balaban J connectivity index is 1.47. The fourth-order valence-electron chi connectivity index (χ4n) is 3.74. The number of ether oxygens (including phenoxy) is 1. The lowest BCUT2D eigenvalue weighted by Crippen LogP contribution is -2.41. The Hall–Kier alpha value is -2.34. The fourth-order valence-corrected chi connectivity index (χ4v) is 4.89. The summed E-state index contributed by atoms with van der Waals surface area (Å²) < 4.78 is 5.36. The standard InChI is InChI=1S/C20H22N2O3S/c1-25-16-8-4-3-7-15(16)22-11-10-14(20(22)24)21-19(23)18-12-13-6-2-5-9-17(13)26-18/h3-4,7-8,12,14H,2,5-6,9-11H2,1H3,(H,21,23). The zero-order valence-corrected chi connectivity index (χ0v) is 15.6. The van der Waals surface area contributed by atoms with E-state index in [-0.39, 0.29) is 11.8 Å². The molecule has 2 amide bonds. The number of hydrogen-bond donors (Lipinski definition) is 1. The number of fused-ring (bicyclic) bond motifs is 1. The van der Waals surface area contributed by atoms with Gasteiger partial charge in [-0.25, -0.2) is 0 Å². The molecule has 1 fully saturated rings. The van der Waals surface area contributed by atoms with Crippen molar-refractivity contribution in [1.82, 2.24) is 5.32 Å². The summed E-state index contributed by atoms with van der Waals surface area (Å²) in [5, 5.41) is 2.93. The van der Waals surface area contributed by atoms with E-state index in [2.05, 4.69) is 5.32 Å². The molecule has 2 aliphatic rings. The van der Waals surface area contributed by atoms with Gasteiger partial charge < -0.3 is 15.0 Å². The van der Waals surface area contributed by atoms with Crippen LogP contribution in [-0.2, 0) is 17.6 Å². The first-order valence-corrected chi connectivity index (χ1v) is 9.86. The molecule has 2 heterocycles. The molecular weight excluding hydrogens is 348 g/mol. The molecular formula is C20H22N2O3S. The van der Waals surface area contributed by atoms with Crippen LogP contribution in [-0.4, -0.2) is 31.5 Å². The lowest BCUT2D eigenvalue weighted by atomic mass is 9.99. The first kappa shape index (κ1) is 17.1. The van der Waals surface area contributed by atoms with Crippen LogP contribution in [0.1, 0.15) is 39.4 Å². The van der Waals surface area contributed by atoms with Crippen molar-refractivity contribution in [3.8, 4) is 5.75 Å². The van der Waals surface area contributed by atoms with E-state index in [1.165, 1.54) is 23.3 Å². The normalized spacial score (nSPS) is 19.3. The molecule has 1 saturated heterocycles. The van der Waals surface area contributed by atoms with E-state index in [9.17, 15) is 9.59 Å². The monoisotopic (exact) mass is 370 g/mol. The summed E-state index contributed by atoms with van der Waals surface area (Å²) in [6.45, 7) is 0.574. The SMILES string of the molecule is COc1ccccc1N1CCC(NC(=O)c2cc3c(s2)CCCC3)C1=O. The van der Waals surface area contributed by atoms with Crippen LogP contribution in [0.15, 0.2) is 30.3 Å². The van der Waals surface area contributed by atoms with Gasteiger partial charge in [0.05, 0.1) is 17.7 Å². The summed E-state index contributed by atoms with van der Waals surface area (Å²) in [4.78, 5) is 29.2. The van der Waals surface area contributed by atoms with Gasteiger partial charge in [0.1, 0.15) is 11.8 Å². The van der Waals surface area contributed by atoms with Crippen molar-refractivity contribution in [3.05, 3.63) is 45.6 Å². The highest BCUT2D eigenvalue weighted by Gasteiger charge is 2.35. The summed E-state index contributed by atoms with van der Waals surface area (Å²) in [5.74, 6) is 0.451. The van der Waals surface area contributed by atoms with Crippen molar-refractivity contribution in [3.63, 3.8) is 0 Å². The van der Waals surface area contributed by atoms with Gasteiger partial charge in [0.25, 0.3) is 5.91 Å². The quantitative estimate of drug-likeness (QED) is 0.899. The average Bonchev–Trinajstić information content (AvgIpc) is 3.26. The van der Waals surface area contributed by atoms with Gasteiger partial charge in [-0.15, -0.1) is 11.3 Å². The fraction of sp³-hybridized carbons (Fsp3) is 0.400. The van der Waals surface area contributed by atoms with Gasteiger partial charge in [0.2, 0.25) is 5.91 Å². The number of nitrogens with one attached hydrogen (secondary N) is 1. The van der Waals surface area contributed by atoms with Gasteiger partial charge in [-0.05, 0) is 55.9 Å². The van der Waals surface area contributed by atoms with E-state index < -0.39 is 6.04 Å². The molecule has 2 aromatic rings. The largest absolute Gasteiger partial charge is 0.495 e. The summed E-state index contributed by atoms with van der Waals surface area (Å²) >= 11 is 1.57. The summed E-state index contributed by atoms with van der Waals surface area (Å²) in [6.07, 6.45) is 5.12. The van der Waals surface area contributed by atoms with Crippen LogP contribution in [0.3, 0.4) is 0 Å². The van der Waals surface area contributed by atoms with E-state index in [0.717, 1.165) is 23.4 Å². The minimum Gasteiger partial charge on any atom is -0.495 e. The van der Waals surface area contributed by atoms with Gasteiger partial charge >= 0.3 is 0 Å². The Labute approximate surface area is 157 Å². The first-order valence-electron chi connectivity index (χ1n) is 9.04. The number of hydrogen-bond acceptors (Lipinski definition) is 4. The number of carbonyl (C=O) groups excluding carboxylic acids is 2. The predicted molar refractivity (Wildman–Crippen MR) is 102 cm³/mol. The minimum atomic E-state index is -0.480. The molecule has 0 radical (unpaired) electrons. The van der Waals surface area contributed by atoms with Crippen molar-refractivity contribution >= 4 is 28.8 Å². The van der Waals surface area contributed by atoms with Crippen molar-refractivity contribution in [2.24, 2.45) is 0 Å². The molecule has 1 aliphatic heterocycles. The van der Waals surface area contributed by atoms with Crippen molar-refractivity contribution < 1.29 is 14.3 Å². The molecule has 1 atom stereocenters. The third kappa shape index (κ3) is 3.09. The number of aryl methyl sites for hydroxylation is 2. The summed E-state index contributed by atoms with van der Waals surface area (Å²) in [6, 6.07) is 8.99. The molecule has 5 nitrogen and oxygen atoms in total. The van der Waals surface area contributed by atoms with Crippen molar-refractivity contribution in [2.45, 2.75) is 38.1 Å². The molecule has 1 N–H and O–H groups in total. The van der Waals surface area contributed by atoms with E-state index in [1.54, 1.807) is 23.3 Å². The molecule has 1 aromatic heterocycles. The second-order valence-electron chi connectivity index (χ2n) is 6.74. The number of amides is 2. The number of rotatable bonds is 4. The molecule has 0 saturated carbocycles. The maximum absolute atomic E-state index is 12.8. The predicted octanol–water partition coefficient (Wildman–Crippen LogP) is 3.17. The molecule has 26 heavy (non-hydrogen) atoms. The molecule has 1 aliphatic carbocycles. The van der Waals surface area contributed by atoms with E-state index >= 15 is 0 Å². The highest BCUT2D eigenvalue weighted by atomic mass is 32.1. The molecule has 6 heteroatoms. The summed E-state index contributed by atoms with van der Waals surface area (Å²) in [5.41, 5.74) is 2.06. The molecule has 1 unspecified atom stereocenters. The number of nitrogens with zero attached hydrogens (tertiary/aromatic N) is 1. The Kier molecular flexibility index (Phi) is 4.68. The van der Waals surface area contributed by atoms with Crippen molar-refractivity contribution in [1.29, 1.82) is 0 Å². The van der Waals surface area contributed by atoms with Crippen LogP contribution in [0.5, 0.6) is 5.75 Å². The third-order valence-corrected chi connectivity index (χ3v) is 6.34. The number of methoxy groups -OCH3 is 1. The topological polar surface area (TPSA) is 58.6 Å². The van der Waals surface area contributed by atoms with Crippen molar-refractivity contribution in [2.75, 3.05) is 18.6 Å². The Bertz CT molecular complexity index is 822. The maximum atomic E-state index is 12.8. The average molecular weight is 370 g/mol. The third-order valence-electron chi connectivity index (χ3n) is 5.11. The van der Waals surface area contributed by atoms with Gasteiger partial charge in [-0.1, -0.05) is 12.1 Å². The number of para-hydroxylation sites is 2. The highest BCUT2D eigenvalue weighted by molar-refractivity contribution is 7.14. The Morgan fingerprint density at radius 3 is 2.88 bits per heavy atom. The Morgan fingerprint density at radius 2 is 2.08 bits per heavy atom. The van der Waals surface area contributed by atoms with Gasteiger partial charge in [-0.2, -0.15) is 0 Å². The number of thiophene rings is 1.